The third-order valence-electron chi connectivity index (χ3n) is 9.90. The molecule has 8 atom stereocenters. The van der Waals surface area contributed by atoms with E-state index in [-0.39, 0.29) is 53.9 Å². The summed E-state index contributed by atoms with van der Waals surface area (Å²) in [7, 11) is 2.84. The Labute approximate surface area is 296 Å². The minimum absolute atomic E-state index is 0.0326. The van der Waals surface area contributed by atoms with E-state index in [9.17, 15) is 14.4 Å². The van der Waals surface area contributed by atoms with E-state index < -0.39 is 11.5 Å². The maximum absolute atomic E-state index is 12.8. The van der Waals surface area contributed by atoms with Gasteiger partial charge in [-0.2, -0.15) is 0 Å². The highest BCUT2D eigenvalue weighted by Gasteiger charge is 2.54. The summed E-state index contributed by atoms with van der Waals surface area (Å²) in [5.41, 5.74) is 1.44. The topological polar surface area (TPSA) is 94.2 Å². The van der Waals surface area contributed by atoms with Gasteiger partial charge in [0.05, 0.1) is 46.1 Å². The lowest BCUT2D eigenvalue weighted by Crippen LogP contribution is -2.54. The predicted octanol–water partition coefficient (Wildman–Crippen LogP) is 8.43. The van der Waals surface area contributed by atoms with Crippen molar-refractivity contribution < 1.29 is 28.6 Å². The van der Waals surface area contributed by atoms with Crippen LogP contribution in [0.1, 0.15) is 82.3 Å². The van der Waals surface area contributed by atoms with Crippen LogP contribution in [0, 0.1) is 11.8 Å². The summed E-state index contributed by atoms with van der Waals surface area (Å²) in [5.74, 6) is -0.988. The van der Waals surface area contributed by atoms with E-state index in [1.807, 2.05) is 45.0 Å². The second-order valence-corrected chi connectivity index (χ2v) is 15.5. The molecule has 4 aliphatic heterocycles. The first kappa shape index (κ1) is 36.1. The molecule has 4 saturated heterocycles. The Balaban J connectivity index is 0.000000193. The Morgan fingerprint density at radius 3 is 1.83 bits per heavy atom. The maximum Gasteiger partial charge on any atom is 0.410 e. The van der Waals surface area contributed by atoms with Gasteiger partial charge in [-0.3, -0.25) is 9.59 Å². The van der Waals surface area contributed by atoms with Crippen LogP contribution < -0.4 is 5.32 Å². The summed E-state index contributed by atoms with van der Waals surface area (Å²) < 4.78 is 15.7. The second kappa shape index (κ2) is 14.7. The fourth-order valence-corrected chi connectivity index (χ4v) is 8.56. The highest BCUT2D eigenvalue weighted by atomic mass is 35.5. The van der Waals surface area contributed by atoms with Crippen LogP contribution in [0.15, 0.2) is 36.4 Å². The summed E-state index contributed by atoms with van der Waals surface area (Å²) in [6.07, 6.45) is 4.98. The average Bonchev–Trinajstić information content (AvgIpc) is 3.56. The number of benzene rings is 2. The van der Waals surface area contributed by atoms with Crippen LogP contribution in [0.25, 0.3) is 0 Å². The van der Waals surface area contributed by atoms with Gasteiger partial charge in [-0.1, -0.05) is 58.5 Å². The van der Waals surface area contributed by atoms with Crippen LogP contribution >= 0.6 is 46.4 Å². The van der Waals surface area contributed by atoms with E-state index in [2.05, 4.69) is 5.32 Å². The summed E-state index contributed by atoms with van der Waals surface area (Å²) in [6.45, 7) is 5.52. The van der Waals surface area contributed by atoms with Gasteiger partial charge in [-0.15, -0.1) is 0 Å². The molecule has 256 valence electrons. The van der Waals surface area contributed by atoms with Gasteiger partial charge in [0.2, 0.25) is 0 Å². The number of ether oxygens (including phenoxy) is 3. The van der Waals surface area contributed by atoms with Crippen LogP contribution in [0.4, 0.5) is 4.79 Å². The number of methoxy groups -OCH3 is 2. The fraction of sp³-hybridized carbons (Fsp3) is 0.571. The molecule has 47 heavy (non-hydrogen) atoms. The van der Waals surface area contributed by atoms with E-state index in [0.717, 1.165) is 43.2 Å². The zero-order chi connectivity index (χ0) is 34.2. The summed E-state index contributed by atoms with van der Waals surface area (Å²) in [6, 6.07) is 11.6. The Hall–Kier alpha value is -2.23. The smallest absolute Gasteiger partial charge is 0.410 e. The number of rotatable bonds is 4. The Morgan fingerprint density at radius 1 is 0.745 bits per heavy atom. The predicted molar refractivity (Wildman–Crippen MR) is 183 cm³/mol. The van der Waals surface area contributed by atoms with Crippen molar-refractivity contribution in [2.75, 3.05) is 14.2 Å². The third-order valence-corrected chi connectivity index (χ3v) is 11.4. The van der Waals surface area contributed by atoms with Crippen molar-refractivity contribution in [1.29, 1.82) is 0 Å². The van der Waals surface area contributed by atoms with Crippen LogP contribution in [0.3, 0.4) is 0 Å². The van der Waals surface area contributed by atoms with E-state index in [1.165, 1.54) is 14.2 Å². The van der Waals surface area contributed by atoms with Crippen LogP contribution in [0.2, 0.25) is 20.1 Å². The first-order valence-electron chi connectivity index (χ1n) is 16.0. The van der Waals surface area contributed by atoms with Gasteiger partial charge in [0.25, 0.3) is 0 Å². The molecule has 4 aliphatic rings. The molecule has 8 nitrogen and oxygen atoms in total. The fourth-order valence-electron chi connectivity index (χ4n) is 7.95. The maximum atomic E-state index is 12.8. The minimum Gasteiger partial charge on any atom is -0.469 e. The molecular weight excluding hydrogens is 686 g/mol. The molecule has 4 fully saturated rings. The molecule has 8 unspecified atom stereocenters. The van der Waals surface area contributed by atoms with Gasteiger partial charge in [-0.05, 0) is 94.7 Å². The summed E-state index contributed by atoms with van der Waals surface area (Å²) in [4.78, 5) is 39.4. The number of fused-ring (bicyclic) bond motifs is 4. The molecule has 2 aromatic rings. The van der Waals surface area contributed by atoms with Gasteiger partial charge in [0.1, 0.15) is 5.60 Å². The molecule has 0 aliphatic carbocycles. The number of hydrogen-bond acceptors (Lipinski definition) is 7. The zero-order valence-electron chi connectivity index (χ0n) is 27.2. The van der Waals surface area contributed by atoms with Gasteiger partial charge in [-0.25, -0.2) is 4.79 Å². The molecule has 4 bridgehead atoms. The molecule has 12 heteroatoms. The zero-order valence-corrected chi connectivity index (χ0v) is 30.3. The van der Waals surface area contributed by atoms with Crippen molar-refractivity contribution in [3.8, 4) is 0 Å². The van der Waals surface area contributed by atoms with Crippen LogP contribution in [-0.2, 0) is 23.8 Å². The number of nitrogens with one attached hydrogen (secondary N) is 1. The molecule has 0 saturated carbocycles. The number of hydrogen-bond donors (Lipinski definition) is 1. The lowest BCUT2D eigenvalue weighted by molar-refractivity contribution is -0.150. The number of carbonyl (C=O) groups excluding carboxylic acids is 3. The number of carbonyl (C=O) groups is 3. The first-order chi connectivity index (χ1) is 22.2. The van der Waals surface area contributed by atoms with E-state index in [0.29, 0.717) is 32.6 Å². The van der Waals surface area contributed by atoms with Crippen molar-refractivity contribution in [1.82, 2.24) is 10.2 Å². The van der Waals surface area contributed by atoms with Crippen molar-refractivity contribution in [3.05, 3.63) is 67.6 Å². The number of esters is 2. The van der Waals surface area contributed by atoms with Gasteiger partial charge >= 0.3 is 18.0 Å². The van der Waals surface area contributed by atoms with Crippen molar-refractivity contribution in [2.24, 2.45) is 11.8 Å². The average molecular weight is 729 g/mol. The van der Waals surface area contributed by atoms with Gasteiger partial charge < -0.3 is 24.4 Å². The SMILES string of the molecule is COC(=O)C1C(c2ccc(Cl)c(Cl)c2)CC2CCC1N2C(=O)OC(C)(C)C.COC(=O)C1C2CCC(CC1c1ccc(Cl)c(Cl)c1)N2. The number of amides is 1. The van der Waals surface area contributed by atoms with E-state index >= 15 is 0 Å². The Kier molecular flexibility index (Phi) is 11.3. The monoisotopic (exact) mass is 726 g/mol. The lowest BCUT2D eigenvalue weighted by atomic mass is 9.76. The second-order valence-electron chi connectivity index (χ2n) is 13.9. The molecular formula is C35H42Cl4N2O6. The van der Waals surface area contributed by atoms with E-state index in [4.69, 9.17) is 60.6 Å². The molecule has 4 heterocycles. The van der Waals surface area contributed by atoms with Gasteiger partial charge in [0.15, 0.2) is 0 Å². The highest BCUT2D eigenvalue weighted by Crippen LogP contribution is 2.49. The molecule has 6 rings (SSSR count). The lowest BCUT2D eigenvalue weighted by Gasteiger charge is -2.43. The molecule has 0 spiro atoms. The number of nitrogens with zero attached hydrogens (tertiary/aromatic N) is 1. The number of halogens is 4. The Bertz CT molecular complexity index is 1500. The van der Waals surface area contributed by atoms with E-state index in [1.54, 1.807) is 17.0 Å². The molecule has 2 aromatic carbocycles. The number of piperidine rings is 2. The Morgan fingerprint density at radius 2 is 1.30 bits per heavy atom. The van der Waals surface area contributed by atoms with Crippen LogP contribution in [-0.4, -0.2) is 66.9 Å². The third kappa shape index (κ3) is 7.83. The first-order valence-corrected chi connectivity index (χ1v) is 17.6. The minimum atomic E-state index is -0.585. The quantitative estimate of drug-likeness (QED) is 0.250. The van der Waals surface area contributed by atoms with Crippen LogP contribution in [0.5, 0.6) is 0 Å². The molecule has 0 aromatic heterocycles. The normalized spacial score (nSPS) is 29.4. The van der Waals surface area contributed by atoms with Crippen molar-refractivity contribution in [3.63, 3.8) is 0 Å². The molecule has 1 N–H and O–H groups in total. The van der Waals surface area contributed by atoms with Crippen molar-refractivity contribution in [2.45, 2.75) is 101 Å². The standard InChI is InChI=1S/C20H25Cl2NO4.C15H17Cl2NO2/c1-20(2,3)27-19(25)23-12-6-8-16(23)17(18(24)26-4)13(10-12)11-5-7-14(21)15(22)9-11;1-20-15(19)14-10(7-9-3-5-13(14)18-9)8-2-4-11(16)12(17)6-8/h5,7,9,12-13,16-17H,6,8,10H2,1-4H3;2,4,6,9-10,13-14,18H,3,5,7H2,1H3. The summed E-state index contributed by atoms with van der Waals surface area (Å²) in [5, 5.41) is 5.54. The molecule has 0 radical (unpaired) electrons. The highest BCUT2D eigenvalue weighted by molar-refractivity contribution is 6.42. The van der Waals surface area contributed by atoms with Crippen molar-refractivity contribution >= 4 is 64.4 Å². The summed E-state index contributed by atoms with van der Waals surface area (Å²) >= 11 is 24.3. The largest absolute Gasteiger partial charge is 0.469 e. The molecule has 1 amide bonds. The van der Waals surface area contributed by atoms with Gasteiger partial charge in [0, 0.05) is 36.0 Å².